The van der Waals surface area contributed by atoms with E-state index in [0.717, 1.165) is 12.1 Å². The first-order valence-corrected chi connectivity index (χ1v) is 6.87. The number of amides is 1. The largest absolute Gasteiger partial charge is 0.496 e. The molecule has 1 N–H and O–H groups in total. The predicted molar refractivity (Wildman–Crippen MR) is 78.2 cm³/mol. The third-order valence-electron chi connectivity index (χ3n) is 2.88. The number of hydrogen-bond acceptors (Lipinski definition) is 2. The number of ether oxygens (including phenoxy) is 1. The molecule has 0 aliphatic rings. The van der Waals surface area contributed by atoms with E-state index in [4.69, 9.17) is 4.74 Å². The second-order valence-corrected chi connectivity index (χ2v) is 5.15. The lowest BCUT2D eigenvalue weighted by atomic mass is 10.1. The summed E-state index contributed by atoms with van der Waals surface area (Å²) in [5.41, 5.74) is 0.111. The van der Waals surface area contributed by atoms with Gasteiger partial charge < -0.3 is 10.1 Å². The summed E-state index contributed by atoms with van der Waals surface area (Å²) < 4.78 is 32.7. The fourth-order valence-corrected chi connectivity index (χ4v) is 2.24. The van der Waals surface area contributed by atoms with Crippen molar-refractivity contribution in [3.63, 3.8) is 0 Å². The Balaban J connectivity index is 2.15. The predicted octanol–water partition coefficient (Wildman–Crippen LogP) is 3.67. The van der Waals surface area contributed by atoms with Crippen molar-refractivity contribution in [1.29, 1.82) is 0 Å². The lowest BCUT2D eigenvalue weighted by Gasteiger charge is -2.10. The van der Waals surface area contributed by atoms with Gasteiger partial charge in [-0.1, -0.05) is 28.1 Å². The number of halogens is 3. The Morgan fingerprint density at radius 2 is 1.86 bits per heavy atom. The third-order valence-corrected chi connectivity index (χ3v) is 3.34. The highest BCUT2D eigenvalue weighted by molar-refractivity contribution is 9.10. The van der Waals surface area contributed by atoms with Crippen molar-refractivity contribution in [2.24, 2.45) is 0 Å². The molecule has 2 rings (SSSR count). The second kappa shape index (κ2) is 6.67. The van der Waals surface area contributed by atoms with Gasteiger partial charge in [-0.05, 0) is 24.3 Å². The number of hydrogen-bond donors (Lipinski definition) is 1. The van der Waals surface area contributed by atoms with Crippen molar-refractivity contribution in [2.45, 2.75) is 6.54 Å². The monoisotopic (exact) mass is 355 g/mol. The maximum atomic E-state index is 13.7. The van der Waals surface area contributed by atoms with Crippen LogP contribution in [0.15, 0.2) is 40.9 Å². The average molecular weight is 356 g/mol. The van der Waals surface area contributed by atoms with E-state index in [1.165, 1.54) is 7.11 Å². The zero-order chi connectivity index (χ0) is 15.4. The number of carbonyl (C=O) groups excluding carboxylic acids is 1. The summed E-state index contributed by atoms with van der Waals surface area (Å²) in [6.45, 7) is -0.248. The molecule has 0 saturated heterocycles. The Kier molecular flexibility index (Phi) is 4.90. The first-order chi connectivity index (χ1) is 10.0. The van der Waals surface area contributed by atoms with Gasteiger partial charge in [0.25, 0.3) is 5.91 Å². The maximum absolute atomic E-state index is 13.7. The molecule has 0 radical (unpaired) electrons. The molecule has 2 aromatic rings. The molecule has 21 heavy (non-hydrogen) atoms. The van der Waals surface area contributed by atoms with E-state index in [1.54, 1.807) is 24.3 Å². The molecule has 0 saturated carbocycles. The zero-order valence-electron chi connectivity index (χ0n) is 11.1. The van der Waals surface area contributed by atoms with Crippen LogP contribution < -0.4 is 10.1 Å². The standard InChI is InChI=1S/C15H12BrF2NO2/c1-21-14-5-3-2-4-10(14)15(20)19-8-11-12(17)6-9(16)7-13(11)18/h2-7H,8H2,1H3,(H,19,20). The van der Waals surface area contributed by atoms with Crippen LogP contribution in [-0.2, 0) is 6.54 Å². The highest BCUT2D eigenvalue weighted by atomic mass is 79.9. The molecule has 0 atom stereocenters. The fraction of sp³-hybridized carbons (Fsp3) is 0.133. The van der Waals surface area contributed by atoms with Gasteiger partial charge >= 0.3 is 0 Å². The van der Waals surface area contributed by atoms with Gasteiger partial charge in [-0.2, -0.15) is 0 Å². The van der Waals surface area contributed by atoms with Crippen molar-refractivity contribution in [3.8, 4) is 5.75 Å². The van der Waals surface area contributed by atoms with E-state index in [1.807, 2.05) is 0 Å². The first-order valence-electron chi connectivity index (χ1n) is 6.07. The molecule has 0 heterocycles. The van der Waals surface area contributed by atoms with Gasteiger partial charge in [-0.15, -0.1) is 0 Å². The van der Waals surface area contributed by atoms with Crippen LogP contribution >= 0.6 is 15.9 Å². The number of carbonyl (C=O) groups is 1. The Bertz CT molecular complexity index is 653. The number of nitrogens with one attached hydrogen (secondary N) is 1. The van der Waals surface area contributed by atoms with Crippen molar-refractivity contribution in [3.05, 3.63) is 63.6 Å². The van der Waals surface area contributed by atoms with Crippen molar-refractivity contribution in [2.75, 3.05) is 7.11 Å². The Morgan fingerprint density at radius 1 is 1.24 bits per heavy atom. The van der Waals surface area contributed by atoms with Crippen LogP contribution in [0.2, 0.25) is 0 Å². The summed E-state index contributed by atoms with van der Waals surface area (Å²) in [5, 5.41) is 2.48. The molecular formula is C15H12BrF2NO2. The molecule has 0 aliphatic carbocycles. The summed E-state index contributed by atoms with van der Waals surface area (Å²) in [7, 11) is 1.44. The van der Waals surface area contributed by atoms with Crippen LogP contribution in [0.4, 0.5) is 8.78 Å². The molecule has 1 amide bonds. The number of para-hydroxylation sites is 1. The maximum Gasteiger partial charge on any atom is 0.255 e. The van der Waals surface area contributed by atoms with E-state index in [9.17, 15) is 13.6 Å². The molecule has 0 fully saturated rings. The molecule has 110 valence electrons. The minimum absolute atomic E-state index is 0.193. The first kappa shape index (κ1) is 15.4. The van der Waals surface area contributed by atoms with Crippen LogP contribution in [0, 0.1) is 11.6 Å². The molecule has 6 heteroatoms. The highest BCUT2D eigenvalue weighted by Crippen LogP contribution is 2.20. The molecule has 2 aromatic carbocycles. The van der Waals surface area contributed by atoms with E-state index < -0.39 is 17.5 Å². The normalized spacial score (nSPS) is 10.3. The highest BCUT2D eigenvalue weighted by Gasteiger charge is 2.14. The van der Waals surface area contributed by atoms with Crippen LogP contribution in [0.1, 0.15) is 15.9 Å². The lowest BCUT2D eigenvalue weighted by Crippen LogP contribution is -2.24. The SMILES string of the molecule is COc1ccccc1C(=O)NCc1c(F)cc(Br)cc1F. The van der Waals surface area contributed by atoms with Gasteiger partial charge in [0.2, 0.25) is 0 Å². The van der Waals surface area contributed by atoms with E-state index in [0.29, 0.717) is 15.8 Å². The summed E-state index contributed by atoms with van der Waals surface area (Å²) >= 11 is 3.00. The summed E-state index contributed by atoms with van der Waals surface area (Å²) in [4.78, 5) is 12.0. The lowest BCUT2D eigenvalue weighted by molar-refractivity contribution is 0.0947. The van der Waals surface area contributed by atoms with Crippen molar-refractivity contribution < 1.29 is 18.3 Å². The van der Waals surface area contributed by atoms with Crippen LogP contribution in [0.5, 0.6) is 5.75 Å². The van der Waals surface area contributed by atoms with Crippen LogP contribution in [0.3, 0.4) is 0 Å². The van der Waals surface area contributed by atoms with Gasteiger partial charge in [0.1, 0.15) is 17.4 Å². The van der Waals surface area contributed by atoms with E-state index in [2.05, 4.69) is 21.2 Å². The molecule has 0 unspecified atom stereocenters. The summed E-state index contributed by atoms with van der Waals surface area (Å²) in [6.07, 6.45) is 0. The number of methoxy groups -OCH3 is 1. The van der Waals surface area contributed by atoms with E-state index >= 15 is 0 Å². The van der Waals surface area contributed by atoms with Crippen molar-refractivity contribution >= 4 is 21.8 Å². The number of benzene rings is 2. The molecule has 0 aromatic heterocycles. The summed E-state index contributed by atoms with van der Waals surface area (Å²) in [6, 6.07) is 8.90. The molecular weight excluding hydrogens is 344 g/mol. The van der Waals surface area contributed by atoms with Crippen LogP contribution in [0.25, 0.3) is 0 Å². The Labute approximate surface area is 129 Å². The molecule has 0 bridgehead atoms. The molecule has 3 nitrogen and oxygen atoms in total. The quantitative estimate of drug-likeness (QED) is 0.908. The van der Waals surface area contributed by atoms with Crippen molar-refractivity contribution in [1.82, 2.24) is 5.32 Å². The van der Waals surface area contributed by atoms with Gasteiger partial charge in [0.05, 0.1) is 12.7 Å². The Hall–Kier alpha value is -1.95. The summed E-state index contributed by atoms with van der Waals surface area (Å²) in [5.74, 6) is -1.51. The Morgan fingerprint density at radius 3 is 2.48 bits per heavy atom. The fourth-order valence-electron chi connectivity index (χ4n) is 1.84. The topological polar surface area (TPSA) is 38.3 Å². The second-order valence-electron chi connectivity index (χ2n) is 4.23. The van der Waals surface area contributed by atoms with E-state index in [-0.39, 0.29) is 12.1 Å². The third kappa shape index (κ3) is 3.58. The van der Waals surface area contributed by atoms with Gasteiger partial charge in [0.15, 0.2) is 0 Å². The minimum Gasteiger partial charge on any atom is -0.496 e. The zero-order valence-corrected chi connectivity index (χ0v) is 12.7. The van der Waals surface area contributed by atoms with Crippen LogP contribution in [-0.4, -0.2) is 13.0 Å². The minimum atomic E-state index is -0.720. The molecule has 0 spiro atoms. The van der Waals surface area contributed by atoms with Gasteiger partial charge in [-0.25, -0.2) is 8.78 Å². The smallest absolute Gasteiger partial charge is 0.255 e. The number of rotatable bonds is 4. The average Bonchev–Trinajstić information content (AvgIpc) is 2.45. The van der Waals surface area contributed by atoms with Gasteiger partial charge in [-0.3, -0.25) is 4.79 Å². The van der Waals surface area contributed by atoms with Gasteiger partial charge in [0, 0.05) is 16.6 Å². The molecule has 0 aliphatic heterocycles.